The third-order valence-corrected chi connectivity index (χ3v) is 5.15. The smallest absolute Gasteiger partial charge is 0.306 e. The molecule has 0 amide bonds. The number of benzene rings is 2. The number of halogens is 6. The van der Waals surface area contributed by atoms with Gasteiger partial charge in [0.25, 0.3) is 5.56 Å². The summed E-state index contributed by atoms with van der Waals surface area (Å²) in [5, 5.41) is 0. The Balaban J connectivity index is 1.60. The Labute approximate surface area is 172 Å². The fraction of sp³-hybridized carbons (Fsp3) is 0.238. The van der Waals surface area contributed by atoms with Crippen LogP contribution in [0.2, 0.25) is 0 Å². The molecule has 1 aliphatic heterocycles. The molecule has 10 heteroatoms. The Morgan fingerprint density at radius 2 is 1.71 bits per heavy atom. The third kappa shape index (κ3) is 4.20. The molecule has 0 saturated heterocycles. The van der Waals surface area contributed by atoms with Gasteiger partial charge in [0, 0.05) is 36.3 Å². The fourth-order valence-corrected chi connectivity index (χ4v) is 3.51. The van der Waals surface area contributed by atoms with Crippen molar-refractivity contribution in [1.29, 1.82) is 0 Å². The summed E-state index contributed by atoms with van der Waals surface area (Å²) in [6, 6.07) is 6.22. The normalized spacial score (nSPS) is 14.5. The zero-order chi connectivity index (χ0) is 22.3. The summed E-state index contributed by atoms with van der Waals surface area (Å²) in [5.41, 5.74) is -0.132. The van der Waals surface area contributed by atoms with Gasteiger partial charge in [0.2, 0.25) is 0 Å². The molecular weight excluding hydrogens is 424 g/mol. The van der Waals surface area contributed by atoms with Gasteiger partial charge in [-0.15, -0.1) is 0 Å². The molecule has 0 unspecified atom stereocenters. The predicted octanol–water partition coefficient (Wildman–Crippen LogP) is 4.43. The second kappa shape index (κ2) is 7.84. The third-order valence-electron chi connectivity index (χ3n) is 5.15. The number of hydrogen-bond donors (Lipinski definition) is 1. The van der Waals surface area contributed by atoms with Gasteiger partial charge in [-0.1, -0.05) is 18.2 Å². The quantitative estimate of drug-likeness (QED) is 0.485. The van der Waals surface area contributed by atoms with E-state index in [1.54, 1.807) is 4.90 Å². The molecule has 2 aromatic carbocycles. The Hall–Kier alpha value is -3.14. The maximum Gasteiger partial charge on any atom is 0.416 e. The first-order valence-corrected chi connectivity index (χ1v) is 9.28. The molecule has 4 rings (SSSR count). The van der Waals surface area contributed by atoms with Gasteiger partial charge in [-0.25, -0.2) is 18.2 Å². The highest BCUT2D eigenvalue weighted by molar-refractivity contribution is 5.56. The van der Waals surface area contributed by atoms with E-state index in [2.05, 4.69) is 9.97 Å². The summed E-state index contributed by atoms with van der Waals surface area (Å²) in [6.45, 7) is 0.494. The van der Waals surface area contributed by atoms with E-state index in [9.17, 15) is 31.1 Å². The van der Waals surface area contributed by atoms with Gasteiger partial charge in [-0.2, -0.15) is 13.2 Å². The van der Waals surface area contributed by atoms with Gasteiger partial charge in [-0.05, 0) is 24.6 Å². The Morgan fingerprint density at radius 3 is 2.39 bits per heavy atom. The molecule has 0 fully saturated rings. The van der Waals surface area contributed by atoms with Crippen LogP contribution in [0.1, 0.15) is 22.4 Å². The van der Waals surface area contributed by atoms with Crippen LogP contribution < -0.4 is 5.56 Å². The SMILES string of the molecule is O=c1[nH]c(-c2ccc(C(F)(F)F)cc2)nc2c1CCN(Cc1ccc(F)c(F)c1F)C2. The molecule has 2 heterocycles. The number of hydrogen-bond acceptors (Lipinski definition) is 3. The van der Waals surface area contributed by atoms with Crippen LogP contribution >= 0.6 is 0 Å². The van der Waals surface area contributed by atoms with Crippen molar-refractivity contribution in [3.63, 3.8) is 0 Å². The minimum atomic E-state index is -4.48. The monoisotopic (exact) mass is 439 g/mol. The van der Waals surface area contributed by atoms with Crippen LogP contribution in [0.25, 0.3) is 11.4 Å². The van der Waals surface area contributed by atoms with Gasteiger partial charge >= 0.3 is 6.18 Å². The van der Waals surface area contributed by atoms with Crippen molar-refractivity contribution in [3.05, 3.63) is 86.6 Å². The van der Waals surface area contributed by atoms with Crippen LogP contribution in [0.5, 0.6) is 0 Å². The number of rotatable bonds is 3. The second-order valence-electron chi connectivity index (χ2n) is 7.21. The van der Waals surface area contributed by atoms with Gasteiger partial charge < -0.3 is 4.98 Å². The van der Waals surface area contributed by atoms with Crippen LogP contribution in [0.15, 0.2) is 41.2 Å². The molecule has 1 N–H and O–H groups in total. The largest absolute Gasteiger partial charge is 0.416 e. The highest BCUT2D eigenvalue weighted by atomic mass is 19.4. The zero-order valence-corrected chi connectivity index (χ0v) is 15.9. The van der Waals surface area contributed by atoms with Crippen molar-refractivity contribution in [2.45, 2.75) is 25.7 Å². The van der Waals surface area contributed by atoms with Crippen LogP contribution in [0, 0.1) is 17.5 Å². The summed E-state index contributed by atoms with van der Waals surface area (Å²) in [6.07, 6.45) is -4.18. The molecule has 0 atom stereocenters. The number of aromatic nitrogens is 2. The first-order valence-electron chi connectivity index (χ1n) is 9.28. The van der Waals surface area contributed by atoms with Crippen molar-refractivity contribution >= 4 is 0 Å². The molecule has 3 aromatic rings. The summed E-state index contributed by atoms with van der Waals surface area (Å²) >= 11 is 0. The van der Waals surface area contributed by atoms with Gasteiger partial charge in [0.15, 0.2) is 17.5 Å². The van der Waals surface area contributed by atoms with E-state index in [1.165, 1.54) is 12.1 Å². The fourth-order valence-electron chi connectivity index (χ4n) is 3.51. The molecule has 0 radical (unpaired) electrons. The van der Waals surface area contributed by atoms with Crippen molar-refractivity contribution in [3.8, 4) is 11.4 Å². The van der Waals surface area contributed by atoms with E-state index in [0.29, 0.717) is 29.8 Å². The summed E-state index contributed by atoms with van der Waals surface area (Å²) < 4.78 is 78.9. The highest BCUT2D eigenvalue weighted by Gasteiger charge is 2.30. The van der Waals surface area contributed by atoms with Crippen LogP contribution in [-0.4, -0.2) is 21.4 Å². The molecule has 1 aromatic heterocycles. The number of fused-ring (bicyclic) bond motifs is 1. The number of alkyl halides is 3. The lowest BCUT2D eigenvalue weighted by Gasteiger charge is -2.28. The predicted molar refractivity (Wildman–Crippen MR) is 99.4 cm³/mol. The molecule has 162 valence electrons. The van der Waals surface area contributed by atoms with Crippen molar-refractivity contribution in [2.75, 3.05) is 6.54 Å². The second-order valence-corrected chi connectivity index (χ2v) is 7.21. The van der Waals surface area contributed by atoms with E-state index in [0.717, 1.165) is 24.3 Å². The standard InChI is InChI=1S/C21H15F6N3O/c22-15-6-3-12(17(23)18(15)24)9-30-8-7-14-16(10-30)28-19(29-20(14)31)11-1-4-13(5-2-11)21(25,26)27/h1-6H,7-10H2,(H,28,29,31). The minimum absolute atomic E-state index is 0.0213. The lowest BCUT2D eigenvalue weighted by molar-refractivity contribution is -0.137. The van der Waals surface area contributed by atoms with Crippen molar-refractivity contribution in [1.82, 2.24) is 14.9 Å². The van der Waals surface area contributed by atoms with Crippen LogP contribution in [0.3, 0.4) is 0 Å². The summed E-state index contributed by atoms with van der Waals surface area (Å²) in [7, 11) is 0. The number of nitrogens with one attached hydrogen (secondary N) is 1. The molecule has 0 bridgehead atoms. The number of H-pyrrole nitrogens is 1. The highest BCUT2D eigenvalue weighted by Crippen LogP contribution is 2.30. The maximum atomic E-state index is 14.0. The van der Waals surface area contributed by atoms with Crippen molar-refractivity contribution in [2.24, 2.45) is 0 Å². The molecule has 0 aliphatic carbocycles. The first-order chi connectivity index (χ1) is 14.6. The first kappa shape index (κ1) is 21.1. The van der Waals surface area contributed by atoms with E-state index < -0.39 is 34.8 Å². The topological polar surface area (TPSA) is 49.0 Å². The summed E-state index contributed by atoms with van der Waals surface area (Å²) in [5.74, 6) is -3.98. The number of nitrogens with zero attached hydrogens (tertiary/aromatic N) is 2. The Morgan fingerprint density at radius 1 is 1.00 bits per heavy atom. The average Bonchev–Trinajstić information content (AvgIpc) is 2.73. The Bertz CT molecular complexity index is 1190. The lowest BCUT2D eigenvalue weighted by Crippen LogP contribution is -2.35. The minimum Gasteiger partial charge on any atom is -0.306 e. The molecule has 0 spiro atoms. The van der Waals surface area contributed by atoms with E-state index in [4.69, 9.17) is 0 Å². The molecule has 31 heavy (non-hydrogen) atoms. The van der Waals surface area contributed by atoms with Gasteiger partial charge in [0.1, 0.15) is 5.82 Å². The molecule has 1 aliphatic rings. The van der Waals surface area contributed by atoms with Crippen LogP contribution in [-0.2, 0) is 25.7 Å². The van der Waals surface area contributed by atoms with E-state index in [-0.39, 0.29) is 24.5 Å². The van der Waals surface area contributed by atoms with Gasteiger partial charge in [0.05, 0.1) is 11.3 Å². The average molecular weight is 439 g/mol. The van der Waals surface area contributed by atoms with E-state index in [1.807, 2.05) is 0 Å². The summed E-state index contributed by atoms with van der Waals surface area (Å²) in [4.78, 5) is 21.1. The number of aromatic amines is 1. The molecule has 4 nitrogen and oxygen atoms in total. The Kier molecular flexibility index (Phi) is 5.34. The zero-order valence-electron chi connectivity index (χ0n) is 15.9. The van der Waals surface area contributed by atoms with Gasteiger partial charge in [-0.3, -0.25) is 9.69 Å². The lowest BCUT2D eigenvalue weighted by atomic mass is 10.0. The maximum absolute atomic E-state index is 14.0. The van der Waals surface area contributed by atoms with Crippen LogP contribution in [0.4, 0.5) is 26.3 Å². The molecular formula is C21H15F6N3O. The van der Waals surface area contributed by atoms with E-state index >= 15 is 0 Å². The molecule has 0 saturated carbocycles. The van der Waals surface area contributed by atoms with Crippen molar-refractivity contribution < 1.29 is 26.3 Å².